The van der Waals surface area contributed by atoms with Crippen molar-refractivity contribution in [1.82, 2.24) is 4.98 Å². The van der Waals surface area contributed by atoms with Gasteiger partial charge in [-0.2, -0.15) is 0 Å². The number of halogens is 1. The van der Waals surface area contributed by atoms with Gasteiger partial charge in [-0.1, -0.05) is 6.07 Å². The van der Waals surface area contributed by atoms with Crippen molar-refractivity contribution in [2.75, 3.05) is 7.11 Å². The third-order valence-electron chi connectivity index (χ3n) is 1.75. The first-order valence-electron chi connectivity index (χ1n) is 4.07. The van der Waals surface area contributed by atoms with E-state index < -0.39 is 12.0 Å². The fraction of sp³-hybridized carbons (Fsp3) is 0.333. The van der Waals surface area contributed by atoms with Gasteiger partial charge in [0.2, 0.25) is 0 Å². The summed E-state index contributed by atoms with van der Waals surface area (Å²) in [5.74, 6) is -0.409. The first-order valence-corrected chi connectivity index (χ1v) is 4.86. The van der Waals surface area contributed by atoms with Gasteiger partial charge < -0.3 is 10.5 Å². The summed E-state index contributed by atoms with van der Waals surface area (Å²) in [7, 11) is 1.32. The predicted octanol–water partition coefficient (Wildman–Crippen LogP) is 0.887. The number of nitrogens with zero attached hydrogens (tertiary/aromatic N) is 1. The molecule has 1 unspecified atom stereocenters. The minimum absolute atomic E-state index is 0.409. The summed E-state index contributed by atoms with van der Waals surface area (Å²) in [5.41, 5.74) is 6.49. The number of rotatable bonds is 3. The highest BCUT2D eigenvalue weighted by atomic mass is 79.9. The van der Waals surface area contributed by atoms with Crippen LogP contribution in [-0.4, -0.2) is 24.1 Å². The van der Waals surface area contributed by atoms with E-state index in [0.717, 1.165) is 10.2 Å². The maximum absolute atomic E-state index is 11.0. The molecule has 1 atom stereocenters. The number of esters is 1. The van der Waals surface area contributed by atoms with Gasteiger partial charge >= 0.3 is 5.97 Å². The van der Waals surface area contributed by atoms with E-state index in [9.17, 15) is 4.79 Å². The molecule has 1 rings (SSSR count). The molecule has 0 saturated carbocycles. The number of carbonyl (C=O) groups excluding carboxylic acids is 1. The Morgan fingerprint density at radius 3 is 2.93 bits per heavy atom. The minimum atomic E-state index is -0.622. The molecule has 0 aliphatic carbocycles. The largest absolute Gasteiger partial charge is 0.468 e. The van der Waals surface area contributed by atoms with E-state index in [2.05, 4.69) is 25.7 Å². The molecule has 0 aliphatic rings. The van der Waals surface area contributed by atoms with Crippen LogP contribution in [0.1, 0.15) is 5.56 Å². The molecular formula is C9H11BrN2O2. The highest BCUT2D eigenvalue weighted by molar-refractivity contribution is 9.10. The summed E-state index contributed by atoms with van der Waals surface area (Å²) < 4.78 is 5.27. The highest BCUT2D eigenvalue weighted by Crippen LogP contribution is 2.07. The lowest BCUT2D eigenvalue weighted by atomic mass is 10.1. The van der Waals surface area contributed by atoms with E-state index in [-0.39, 0.29) is 0 Å². The number of nitrogens with two attached hydrogens (primary N) is 1. The number of carbonyl (C=O) groups is 1. The van der Waals surface area contributed by atoms with Gasteiger partial charge in [-0.3, -0.25) is 4.79 Å². The van der Waals surface area contributed by atoms with Crippen molar-refractivity contribution in [3.63, 3.8) is 0 Å². The lowest BCUT2D eigenvalue weighted by Gasteiger charge is -2.08. The molecule has 0 aliphatic heterocycles. The second-order valence-electron chi connectivity index (χ2n) is 2.82. The Morgan fingerprint density at radius 1 is 1.71 bits per heavy atom. The van der Waals surface area contributed by atoms with Crippen LogP contribution in [0.15, 0.2) is 22.9 Å². The highest BCUT2D eigenvalue weighted by Gasteiger charge is 2.13. The van der Waals surface area contributed by atoms with Crippen molar-refractivity contribution in [1.29, 1.82) is 0 Å². The Morgan fingerprint density at radius 2 is 2.43 bits per heavy atom. The van der Waals surface area contributed by atoms with Gasteiger partial charge in [0.1, 0.15) is 10.6 Å². The van der Waals surface area contributed by atoms with Crippen molar-refractivity contribution in [3.8, 4) is 0 Å². The fourth-order valence-electron chi connectivity index (χ4n) is 1.02. The monoisotopic (exact) mass is 258 g/mol. The Kier molecular flexibility index (Phi) is 4.03. The van der Waals surface area contributed by atoms with Crippen LogP contribution in [0.5, 0.6) is 0 Å². The van der Waals surface area contributed by atoms with Crippen LogP contribution < -0.4 is 5.73 Å². The van der Waals surface area contributed by atoms with Crippen LogP contribution in [0, 0.1) is 0 Å². The van der Waals surface area contributed by atoms with Gasteiger partial charge in [0, 0.05) is 6.20 Å². The average Bonchev–Trinajstić information content (AvgIpc) is 2.20. The van der Waals surface area contributed by atoms with Crippen LogP contribution in [0.2, 0.25) is 0 Å². The van der Waals surface area contributed by atoms with E-state index in [4.69, 9.17) is 5.73 Å². The number of pyridine rings is 1. The van der Waals surface area contributed by atoms with Gasteiger partial charge in [0.15, 0.2) is 0 Å². The molecule has 1 heterocycles. The van der Waals surface area contributed by atoms with Crippen LogP contribution in [0.4, 0.5) is 0 Å². The van der Waals surface area contributed by atoms with Crippen molar-refractivity contribution < 1.29 is 9.53 Å². The zero-order valence-corrected chi connectivity index (χ0v) is 9.32. The van der Waals surface area contributed by atoms with E-state index in [0.29, 0.717) is 6.42 Å². The maximum atomic E-state index is 11.0. The zero-order valence-electron chi connectivity index (χ0n) is 7.74. The Labute approximate surface area is 90.6 Å². The van der Waals surface area contributed by atoms with Crippen molar-refractivity contribution >= 4 is 21.9 Å². The van der Waals surface area contributed by atoms with Crippen molar-refractivity contribution in [2.45, 2.75) is 12.5 Å². The molecule has 0 fully saturated rings. The molecule has 1 aromatic rings. The first-order chi connectivity index (χ1) is 6.63. The number of ether oxygens (including phenoxy) is 1. The Bertz CT molecular complexity index is 313. The summed E-state index contributed by atoms with van der Waals surface area (Å²) >= 11 is 3.22. The lowest BCUT2D eigenvalue weighted by Crippen LogP contribution is -2.33. The van der Waals surface area contributed by atoms with Crippen LogP contribution in [0.25, 0.3) is 0 Å². The molecule has 1 aromatic heterocycles. The number of hydrogen-bond acceptors (Lipinski definition) is 4. The molecule has 2 N–H and O–H groups in total. The first kappa shape index (κ1) is 11.1. The summed E-state index contributed by atoms with van der Waals surface area (Å²) in [6.45, 7) is 0. The molecule has 76 valence electrons. The number of methoxy groups -OCH3 is 1. The number of aromatic nitrogens is 1. The lowest BCUT2D eigenvalue weighted by molar-refractivity contribution is -0.142. The second kappa shape index (κ2) is 5.07. The standard InChI is InChI=1S/C9H11BrN2O2/c1-14-9(13)7(11)4-6-2-3-8(10)12-5-6/h2-3,5,7H,4,11H2,1H3. The summed E-state index contributed by atoms with van der Waals surface area (Å²) in [5, 5.41) is 0. The molecule has 4 nitrogen and oxygen atoms in total. The maximum Gasteiger partial charge on any atom is 0.322 e. The molecule has 0 radical (unpaired) electrons. The number of hydrogen-bond donors (Lipinski definition) is 1. The van der Waals surface area contributed by atoms with Gasteiger partial charge in [0.25, 0.3) is 0 Å². The fourth-order valence-corrected chi connectivity index (χ4v) is 1.25. The minimum Gasteiger partial charge on any atom is -0.468 e. The molecular weight excluding hydrogens is 248 g/mol. The molecule has 0 spiro atoms. The smallest absolute Gasteiger partial charge is 0.322 e. The molecule has 0 aromatic carbocycles. The zero-order chi connectivity index (χ0) is 10.6. The van der Waals surface area contributed by atoms with Crippen molar-refractivity contribution in [3.05, 3.63) is 28.5 Å². The SMILES string of the molecule is COC(=O)C(N)Cc1ccc(Br)nc1. The molecule has 14 heavy (non-hydrogen) atoms. The molecule has 0 amide bonds. The Hall–Kier alpha value is -0.940. The van der Waals surface area contributed by atoms with Crippen LogP contribution in [0.3, 0.4) is 0 Å². The quantitative estimate of drug-likeness (QED) is 0.646. The third-order valence-corrected chi connectivity index (χ3v) is 2.22. The second-order valence-corrected chi connectivity index (χ2v) is 3.64. The normalized spacial score (nSPS) is 12.2. The predicted molar refractivity (Wildman–Crippen MR) is 55.6 cm³/mol. The summed E-state index contributed by atoms with van der Waals surface area (Å²) in [6.07, 6.45) is 2.11. The Balaban J connectivity index is 2.60. The van der Waals surface area contributed by atoms with E-state index in [1.54, 1.807) is 12.3 Å². The average molecular weight is 259 g/mol. The van der Waals surface area contributed by atoms with E-state index in [1.165, 1.54) is 7.11 Å². The topological polar surface area (TPSA) is 65.2 Å². The van der Waals surface area contributed by atoms with E-state index >= 15 is 0 Å². The van der Waals surface area contributed by atoms with Crippen molar-refractivity contribution in [2.24, 2.45) is 5.73 Å². The van der Waals surface area contributed by atoms with E-state index in [1.807, 2.05) is 6.07 Å². The third kappa shape index (κ3) is 3.08. The van der Waals surface area contributed by atoms with Crippen LogP contribution >= 0.6 is 15.9 Å². The van der Waals surface area contributed by atoms with Gasteiger partial charge in [0.05, 0.1) is 7.11 Å². The molecule has 0 saturated heterocycles. The van der Waals surface area contributed by atoms with Crippen LogP contribution in [-0.2, 0) is 16.0 Å². The summed E-state index contributed by atoms with van der Waals surface area (Å²) in [6, 6.07) is 3.04. The van der Waals surface area contributed by atoms with Gasteiger partial charge in [-0.05, 0) is 34.0 Å². The molecule has 5 heteroatoms. The summed E-state index contributed by atoms with van der Waals surface area (Å²) in [4.78, 5) is 15.0. The molecule has 0 bridgehead atoms. The van der Waals surface area contributed by atoms with Gasteiger partial charge in [-0.15, -0.1) is 0 Å². The van der Waals surface area contributed by atoms with Gasteiger partial charge in [-0.25, -0.2) is 4.98 Å².